The van der Waals surface area contributed by atoms with Crippen molar-refractivity contribution in [1.29, 1.82) is 0 Å². The van der Waals surface area contributed by atoms with Crippen LogP contribution in [0.15, 0.2) is 0 Å². The Morgan fingerprint density at radius 1 is 1.70 bits per heavy atom. The monoisotopic (exact) mass is 144 g/mol. The van der Waals surface area contributed by atoms with Crippen LogP contribution < -0.4 is 10.6 Å². The van der Waals surface area contributed by atoms with Crippen molar-refractivity contribution in [2.75, 3.05) is 20.3 Å². The molecule has 0 spiro atoms. The van der Waals surface area contributed by atoms with E-state index >= 15 is 0 Å². The van der Waals surface area contributed by atoms with Crippen LogP contribution in [0.3, 0.4) is 0 Å². The van der Waals surface area contributed by atoms with Gasteiger partial charge >= 0.3 is 6.03 Å². The lowest BCUT2D eigenvalue weighted by Crippen LogP contribution is -2.40. The van der Waals surface area contributed by atoms with Crippen LogP contribution in [-0.4, -0.2) is 32.3 Å². The molecule has 1 fully saturated rings. The predicted molar refractivity (Wildman–Crippen MR) is 36.8 cm³/mol. The van der Waals surface area contributed by atoms with Crippen LogP contribution in [0.4, 0.5) is 4.79 Å². The topological polar surface area (TPSA) is 50.4 Å². The average Bonchev–Trinajstić information content (AvgIpc) is 2.40. The molecule has 0 saturated carbocycles. The molecule has 1 rings (SSSR count). The first-order valence-corrected chi connectivity index (χ1v) is 3.39. The predicted octanol–water partition coefficient (Wildman–Crippen LogP) is -0.296. The molecule has 1 aliphatic heterocycles. The number of ether oxygens (including phenoxy) is 1. The number of carbonyl (C=O) groups is 1. The molecule has 0 bridgehead atoms. The lowest BCUT2D eigenvalue weighted by atomic mass is 10.3. The van der Waals surface area contributed by atoms with Gasteiger partial charge in [-0.05, 0) is 6.42 Å². The van der Waals surface area contributed by atoms with Crippen molar-refractivity contribution in [3.8, 4) is 0 Å². The van der Waals surface area contributed by atoms with Gasteiger partial charge in [-0.2, -0.15) is 0 Å². The number of urea groups is 1. The van der Waals surface area contributed by atoms with Gasteiger partial charge in [-0.1, -0.05) is 0 Å². The number of amides is 2. The number of carbonyl (C=O) groups excluding carboxylic acids is 1. The lowest BCUT2D eigenvalue weighted by molar-refractivity contribution is 0.188. The smallest absolute Gasteiger partial charge is 0.314 e. The highest BCUT2D eigenvalue weighted by Gasteiger charge is 2.16. The van der Waals surface area contributed by atoms with E-state index in [1.807, 2.05) is 0 Å². The Morgan fingerprint density at radius 2 is 2.50 bits per heavy atom. The quantitative estimate of drug-likeness (QED) is 0.531. The first kappa shape index (κ1) is 7.34. The molecule has 58 valence electrons. The van der Waals surface area contributed by atoms with Gasteiger partial charge in [0.05, 0.1) is 12.6 Å². The van der Waals surface area contributed by atoms with Crippen molar-refractivity contribution in [2.24, 2.45) is 0 Å². The second-order valence-corrected chi connectivity index (χ2v) is 2.28. The first-order chi connectivity index (χ1) is 4.83. The highest BCUT2D eigenvalue weighted by Crippen LogP contribution is 2.02. The molecule has 0 radical (unpaired) electrons. The zero-order valence-electron chi connectivity index (χ0n) is 6.02. The Morgan fingerprint density at radius 3 is 3.00 bits per heavy atom. The van der Waals surface area contributed by atoms with Crippen molar-refractivity contribution in [2.45, 2.75) is 12.5 Å². The van der Waals surface area contributed by atoms with Crippen molar-refractivity contribution in [3.63, 3.8) is 0 Å². The largest absolute Gasteiger partial charge is 0.379 e. The molecule has 4 heteroatoms. The minimum Gasteiger partial charge on any atom is -0.379 e. The third-order valence-corrected chi connectivity index (χ3v) is 1.49. The number of hydrogen-bond acceptors (Lipinski definition) is 2. The second kappa shape index (κ2) is 3.41. The van der Waals surface area contributed by atoms with E-state index < -0.39 is 0 Å². The van der Waals surface area contributed by atoms with Crippen LogP contribution in [0.2, 0.25) is 0 Å². The molecular weight excluding hydrogens is 132 g/mol. The number of hydrogen-bond donors (Lipinski definition) is 2. The van der Waals surface area contributed by atoms with Gasteiger partial charge in [-0.25, -0.2) is 4.79 Å². The standard InChI is InChI=1S/C6H12N2O2/c1-7-6(9)8-5-2-3-10-4-5/h5H,2-4H2,1H3,(H2,7,8,9). The molecule has 1 heterocycles. The fraction of sp³-hybridized carbons (Fsp3) is 0.833. The molecule has 0 aromatic rings. The van der Waals surface area contributed by atoms with Gasteiger partial charge in [-0.3, -0.25) is 0 Å². The van der Waals surface area contributed by atoms with E-state index in [-0.39, 0.29) is 12.1 Å². The molecule has 0 aromatic carbocycles. The van der Waals surface area contributed by atoms with Crippen LogP contribution >= 0.6 is 0 Å². The number of nitrogens with one attached hydrogen (secondary N) is 2. The minimum atomic E-state index is -0.129. The van der Waals surface area contributed by atoms with E-state index in [4.69, 9.17) is 4.74 Å². The van der Waals surface area contributed by atoms with E-state index in [0.717, 1.165) is 13.0 Å². The molecule has 1 saturated heterocycles. The third-order valence-electron chi connectivity index (χ3n) is 1.49. The van der Waals surface area contributed by atoms with Crippen LogP contribution in [0.5, 0.6) is 0 Å². The van der Waals surface area contributed by atoms with E-state index in [2.05, 4.69) is 10.6 Å². The first-order valence-electron chi connectivity index (χ1n) is 3.39. The van der Waals surface area contributed by atoms with Crippen LogP contribution in [0, 0.1) is 0 Å². The molecular formula is C6H12N2O2. The molecule has 2 N–H and O–H groups in total. The van der Waals surface area contributed by atoms with Crippen molar-refractivity contribution in [3.05, 3.63) is 0 Å². The maximum absolute atomic E-state index is 10.7. The summed E-state index contributed by atoms with van der Waals surface area (Å²) in [5.74, 6) is 0. The van der Waals surface area contributed by atoms with Gasteiger partial charge in [0, 0.05) is 13.7 Å². The van der Waals surface area contributed by atoms with E-state index in [1.165, 1.54) is 0 Å². The molecule has 0 aliphatic carbocycles. The van der Waals surface area contributed by atoms with Gasteiger partial charge in [0.2, 0.25) is 0 Å². The molecule has 4 nitrogen and oxygen atoms in total. The second-order valence-electron chi connectivity index (χ2n) is 2.28. The summed E-state index contributed by atoms with van der Waals surface area (Å²) in [6.07, 6.45) is 0.924. The minimum absolute atomic E-state index is 0.129. The van der Waals surface area contributed by atoms with Crippen molar-refractivity contribution >= 4 is 6.03 Å². The van der Waals surface area contributed by atoms with Crippen LogP contribution in [-0.2, 0) is 4.74 Å². The zero-order valence-corrected chi connectivity index (χ0v) is 6.02. The van der Waals surface area contributed by atoms with E-state index in [9.17, 15) is 4.79 Å². The summed E-state index contributed by atoms with van der Waals surface area (Å²) >= 11 is 0. The van der Waals surface area contributed by atoms with E-state index in [1.54, 1.807) is 7.05 Å². The Hall–Kier alpha value is -0.770. The molecule has 1 unspecified atom stereocenters. The van der Waals surface area contributed by atoms with Gasteiger partial charge in [-0.15, -0.1) is 0 Å². The third kappa shape index (κ3) is 1.88. The normalized spacial score (nSPS) is 24.3. The average molecular weight is 144 g/mol. The van der Waals surface area contributed by atoms with Crippen LogP contribution in [0.25, 0.3) is 0 Å². The van der Waals surface area contributed by atoms with Crippen molar-refractivity contribution < 1.29 is 9.53 Å². The Balaban J connectivity index is 2.17. The molecule has 1 aliphatic rings. The Labute approximate surface area is 59.9 Å². The summed E-state index contributed by atoms with van der Waals surface area (Å²) in [5, 5.41) is 5.24. The Kier molecular flexibility index (Phi) is 2.50. The molecule has 0 aromatic heterocycles. The van der Waals surface area contributed by atoms with Gasteiger partial charge in [0.25, 0.3) is 0 Å². The molecule has 10 heavy (non-hydrogen) atoms. The summed E-state index contributed by atoms with van der Waals surface area (Å²) in [5.41, 5.74) is 0. The lowest BCUT2D eigenvalue weighted by Gasteiger charge is -2.08. The summed E-state index contributed by atoms with van der Waals surface area (Å²) in [6.45, 7) is 1.40. The van der Waals surface area contributed by atoms with Crippen LogP contribution in [0.1, 0.15) is 6.42 Å². The maximum atomic E-state index is 10.7. The summed E-state index contributed by atoms with van der Waals surface area (Å²) in [6, 6.07) is 0.0791. The summed E-state index contributed by atoms with van der Waals surface area (Å²) < 4.78 is 5.06. The van der Waals surface area contributed by atoms with Gasteiger partial charge in [0.1, 0.15) is 0 Å². The fourth-order valence-corrected chi connectivity index (χ4v) is 0.906. The van der Waals surface area contributed by atoms with Gasteiger partial charge < -0.3 is 15.4 Å². The molecule has 1 atom stereocenters. The Bertz CT molecular complexity index is 121. The van der Waals surface area contributed by atoms with Crippen molar-refractivity contribution in [1.82, 2.24) is 10.6 Å². The van der Waals surface area contributed by atoms with Gasteiger partial charge in [0.15, 0.2) is 0 Å². The maximum Gasteiger partial charge on any atom is 0.314 e. The van der Waals surface area contributed by atoms with E-state index in [0.29, 0.717) is 6.61 Å². The highest BCUT2D eigenvalue weighted by atomic mass is 16.5. The highest BCUT2D eigenvalue weighted by molar-refractivity contribution is 5.73. The number of rotatable bonds is 1. The fourth-order valence-electron chi connectivity index (χ4n) is 0.906. The zero-order chi connectivity index (χ0) is 7.40. The summed E-state index contributed by atoms with van der Waals surface area (Å²) in [7, 11) is 1.60. The SMILES string of the molecule is CNC(=O)NC1CCOC1. The molecule has 2 amide bonds. The summed E-state index contributed by atoms with van der Waals surface area (Å²) in [4.78, 5) is 10.7.